The molecule has 1 aliphatic carbocycles. The van der Waals surface area contributed by atoms with Gasteiger partial charge < -0.3 is 0 Å². The molecule has 3 aromatic rings. The molecule has 1 aromatic heterocycles. The number of halogens is 2. The third-order valence-corrected chi connectivity index (χ3v) is 7.96. The normalized spacial score (nSPS) is 21.9. The Morgan fingerprint density at radius 2 is 1.71 bits per heavy atom. The van der Waals surface area contributed by atoms with Gasteiger partial charge in [0.25, 0.3) is 11.4 Å². The zero-order chi connectivity index (χ0) is 21.6. The van der Waals surface area contributed by atoms with E-state index in [1.807, 2.05) is 10.9 Å². The minimum Gasteiger partial charge on any atom is -0.233 e. The Bertz CT molecular complexity index is 1130. The molecule has 2 aliphatic rings. The van der Waals surface area contributed by atoms with E-state index in [4.69, 9.17) is 4.18 Å². The first-order valence-corrected chi connectivity index (χ1v) is 11.4. The van der Waals surface area contributed by atoms with Gasteiger partial charge in [0.1, 0.15) is 11.6 Å². The van der Waals surface area contributed by atoms with Crippen LogP contribution < -0.4 is 0 Å². The Labute approximate surface area is 183 Å². The topological polar surface area (TPSA) is 30.3 Å². The molecule has 0 N–H and O–H groups in total. The highest BCUT2D eigenvalue weighted by Crippen LogP contribution is 2.45. The molecule has 7 heteroatoms. The van der Waals surface area contributed by atoms with Gasteiger partial charge in [0.15, 0.2) is 0 Å². The predicted molar refractivity (Wildman–Crippen MR) is 119 cm³/mol. The molecule has 160 valence electrons. The van der Waals surface area contributed by atoms with E-state index in [0.717, 1.165) is 42.2 Å². The van der Waals surface area contributed by atoms with Crippen LogP contribution in [0, 0.1) is 17.0 Å². The lowest BCUT2D eigenvalue weighted by Crippen LogP contribution is -2.48. The SMILES string of the molecule is CO[S+](c1ccc(F)cc1)N1CCC2=Cc3c(cnn3-c3ccc(F)cc3)CC2(C)C1. The van der Waals surface area contributed by atoms with Crippen molar-refractivity contribution in [2.24, 2.45) is 5.41 Å². The summed E-state index contributed by atoms with van der Waals surface area (Å²) in [5.41, 5.74) is 4.51. The lowest BCUT2D eigenvalue weighted by Gasteiger charge is -2.42. The first kappa shape index (κ1) is 20.4. The van der Waals surface area contributed by atoms with Crippen LogP contribution in [0.3, 0.4) is 0 Å². The second-order valence-electron chi connectivity index (χ2n) is 8.33. The molecule has 1 saturated heterocycles. The number of piperidine rings is 1. The highest BCUT2D eigenvalue weighted by molar-refractivity contribution is 7.90. The fourth-order valence-electron chi connectivity index (χ4n) is 4.63. The second-order valence-corrected chi connectivity index (χ2v) is 10.2. The molecule has 2 aromatic carbocycles. The van der Waals surface area contributed by atoms with Gasteiger partial charge in [-0.05, 0) is 60.9 Å². The number of benzene rings is 2. The molecule has 31 heavy (non-hydrogen) atoms. The predicted octanol–water partition coefficient (Wildman–Crippen LogP) is 4.96. The van der Waals surface area contributed by atoms with Crippen LogP contribution in [0.1, 0.15) is 24.6 Å². The molecular weight excluding hydrogens is 416 g/mol. The minimum atomic E-state index is -0.532. The van der Waals surface area contributed by atoms with Crippen LogP contribution in [0.2, 0.25) is 0 Å². The molecule has 1 aliphatic heterocycles. The van der Waals surface area contributed by atoms with Gasteiger partial charge in [-0.2, -0.15) is 9.28 Å². The van der Waals surface area contributed by atoms with E-state index in [1.165, 1.54) is 35.4 Å². The van der Waals surface area contributed by atoms with E-state index in [2.05, 4.69) is 22.4 Å². The molecule has 0 radical (unpaired) electrons. The Morgan fingerprint density at radius 1 is 1.03 bits per heavy atom. The minimum absolute atomic E-state index is 0.0221. The lowest BCUT2D eigenvalue weighted by atomic mass is 9.70. The van der Waals surface area contributed by atoms with E-state index in [9.17, 15) is 8.78 Å². The van der Waals surface area contributed by atoms with E-state index in [1.54, 1.807) is 31.4 Å². The van der Waals surface area contributed by atoms with Crippen molar-refractivity contribution in [3.63, 3.8) is 0 Å². The first-order chi connectivity index (χ1) is 15.0. The van der Waals surface area contributed by atoms with Gasteiger partial charge in [0.05, 0.1) is 37.8 Å². The lowest BCUT2D eigenvalue weighted by molar-refractivity contribution is 0.228. The average molecular weight is 441 g/mol. The third kappa shape index (κ3) is 3.71. The zero-order valence-corrected chi connectivity index (χ0v) is 18.3. The summed E-state index contributed by atoms with van der Waals surface area (Å²) < 4.78 is 36.8. The zero-order valence-electron chi connectivity index (χ0n) is 17.5. The van der Waals surface area contributed by atoms with Gasteiger partial charge >= 0.3 is 0 Å². The molecule has 2 unspecified atom stereocenters. The van der Waals surface area contributed by atoms with Crippen molar-refractivity contribution in [1.29, 1.82) is 0 Å². The molecule has 2 heterocycles. The molecule has 1 fully saturated rings. The van der Waals surface area contributed by atoms with Gasteiger partial charge in [-0.15, -0.1) is 0 Å². The average Bonchev–Trinajstić information content (AvgIpc) is 3.16. The van der Waals surface area contributed by atoms with E-state index >= 15 is 0 Å². The van der Waals surface area contributed by atoms with Crippen molar-refractivity contribution in [1.82, 2.24) is 14.1 Å². The maximum Gasteiger partial charge on any atom is 0.280 e. The smallest absolute Gasteiger partial charge is 0.233 e. The van der Waals surface area contributed by atoms with Crippen LogP contribution in [0.15, 0.2) is 65.2 Å². The highest BCUT2D eigenvalue weighted by atomic mass is 32.2. The Kier molecular flexibility index (Phi) is 5.20. The third-order valence-electron chi connectivity index (χ3n) is 6.19. The van der Waals surface area contributed by atoms with Crippen molar-refractivity contribution in [3.05, 3.63) is 83.2 Å². The summed E-state index contributed by atoms with van der Waals surface area (Å²) in [4.78, 5) is 0.987. The molecule has 5 rings (SSSR count). The maximum absolute atomic E-state index is 13.4. The fraction of sp³-hybridized carbons (Fsp3) is 0.292. The number of rotatable bonds is 4. The number of fused-ring (bicyclic) bond motifs is 2. The summed E-state index contributed by atoms with van der Waals surface area (Å²) in [6.07, 6.45) is 6.00. The Balaban J connectivity index is 1.43. The highest BCUT2D eigenvalue weighted by Gasteiger charge is 2.46. The van der Waals surface area contributed by atoms with Gasteiger partial charge in [-0.25, -0.2) is 13.5 Å². The van der Waals surface area contributed by atoms with Crippen LogP contribution in [0.5, 0.6) is 0 Å². The van der Waals surface area contributed by atoms with Crippen LogP contribution >= 0.6 is 0 Å². The fourth-order valence-corrected chi connectivity index (χ4v) is 6.36. The molecule has 4 nitrogen and oxygen atoms in total. The largest absolute Gasteiger partial charge is 0.280 e. The molecule has 0 amide bonds. The quantitative estimate of drug-likeness (QED) is 0.538. The Morgan fingerprint density at radius 3 is 2.39 bits per heavy atom. The summed E-state index contributed by atoms with van der Waals surface area (Å²) in [5.74, 6) is -0.491. The molecule has 2 atom stereocenters. The monoisotopic (exact) mass is 440 g/mol. The van der Waals surface area contributed by atoms with Gasteiger partial charge in [0, 0.05) is 17.5 Å². The van der Waals surface area contributed by atoms with Crippen LogP contribution in [-0.2, 0) is 22.0 Å². The summed E-state index contributed by atoms with van der Waals surface area (Å²) >= 11 is -0.532. The number of hydrogen-bond donors (Lipinski definition) is 0. The standard InChI is InChI=1S/C24H24F2N3OS/c1-24-14-17-15-27-29(21-7-3-19(25)4-8-21)23(17)13-18(24)11-12-28(16-24)31(30-2)22-9-5-20(26)6-10-22/h3-10,13,15H,11-12,14,16H2,1-2H3/q+1. The summed E-state index contributed by atoms with van der Waals surface area (Å²) in [7, 11) is 1.71. The van der Waals surface area contributed by atoms with Crippen molar-refractivity contribution in [3.8, 4) is 5.69 Å². The van der Waals surface area contributed by atoms with Crippen molar-refractivity contribution in [2.45, 2.75) is 24.7 Å². The van der Waals surface area contributed by atoms with Crippen molar-refractivity contribution < 1.29 is 13.0 Å². The second kappa shape index (κ2) is 7.89. The first-order valence-electron chi connectivity index (χ1n) is 10.3. The molecular formula is C24H24F2N3OS+. The van der Waals surface area contributed by atoms with Crippen molar-refractivity contribution in [2.75, 3.05) is 20.2 Å². The van der Waals surface area contributed by atoms with Gasteiger partial charge in [0.2, 0.25) is 4.90 Å². The number of hydrogen-bond acceptors (Lipinski definition) is 3. The molecule has 0 saturated carbocycles. The van der Waals surface area contributed by atoms with E-state index in [-0.39, 0.29) is 17.0 Å². The summed E-state index contributed by atoms with van der Waals surface area (Å²) in [5, 5.41) is 4.59. The van der Waals surface area contributed by atoms with Crippen LogP contribution in [0.25, 0.3) is 11.8 Å². The molecule has 0 spiro atoms. The maximum atomic E-state index is 13.4. The number of nitrogens with zero attached hydrogens (tertiary/aromatic N) is 3. The summed E-state index contributed by atoms with van der Waals surface area (Å²) in [6, 6.07) is 13.0. The van der Waals surface area contributed by atoms with E-state index in [0.29, 0.717) is 0 Å². The van der Waals surface area contributed by atoms with Crippen LogP contribution in [-0.4, -0.2) is 34.3 Å². The van der Waals surface area contributed by atoms with Gasteiger partial charge in [-0.3, -0.25) is 0 Å². The molecule has 0 bridgehead atoms. The Hall–Kier alpha value is -2.48. The van der Waals surface area contributed by atoms with Gasteiger partial charge in [-0.1, -0.05) is 16.8 Å². The number of aromatic nitrogens is 2. The van der Waals surface area contributed by atoms with E-state index < -0.39 is 11.4 Å². The van der Waals surface area contributed by atoms with Crippen LogP contribution in [0.4, 0.5) is 8.78 Å². The summed E-state index contributed by atoms with van der Waals surface area (Å²) in [6.45, 7) is 4.02. The van der Waals surface area contributed by atoms with Crippen molar-refractivity contribution >= 4 is 17.4 Å².